The summed E-state index contributed by atoms with van der Waals surface area (Å²) in [5, 5.41) is 0. The Hall–Kier alpha value is -0.190. The summed E-state index contributed by atoms with van der Waals surface area (Å²) in [6.07, 6.45) is 0.722. The van der Waals surface area contributed by atoms with Gasteiger partial charge in [-0.25, -0.2) is 0 Å². The Labute approximate surface area is 81.2 Å². The van der Waals surface area contributed by atoms with Crippen molar-refractivity contribution in [2.45, 2.75) is 0 Å². The summed E-state index contributed by atoms with van der Waals surface area (Å²) in [4.78, 5) is 20.4. The van der Waals surface area contributed by atoms with Gasteiger partial charge in [-0.3, -0.25) is 9.59 Å². The van der Waals surface area contributed by atoms with E-state index in [0.717, 1.165) is 6.42 Å². The van der Waals surface area contributed by atoms with Crippen LogP contribution in [-0.2, 0) is 19.1 Å². The molecule has 0 heterocycles. The topological polar surface area (TPSA) is 52.6 Å². The molecule has 0 unspecified atom stereocenters. The van der Waals surface area contributed by atoms with Crippen LogP contribution >= 0.6 is 0 Å². The zero-order chi connectivity index (χ0) is 7.28. The first-order chi connectivity index (χ1) is 4.20. The van der Waals surface area contributed by atoms with E-state index in [1.807, 2.05) is 0 Å². The van der Waals surface area contributed by atoms with Crippen LogP contribution in [0.15, 0.2) is 0 Å². The molecule has 0 aromatic heterocycles. The zero-order valence-electron chi connectivity index (χ0n) is 6.21. The van der Waals surface area contributed by atoms with Gasteiger partial charge in [-0.15, -0.1) is 0 Å². The summed E-state index contributed by atoms with van der Waals surface area (Å²) in [6.45, 7) is 0. The minimum Gasteiger partial charge on any atom is -0.491 e. The molecule has 52 valence electrons. The number of rotatable bonds is 2. The number of carbonyl (C=O) groups excluding carboxylic acids is 2. The number of ether oxygens (including phenoxy) is 2. The maximum absolute atomic E-state index is 10.2. The molecule has 0 aromatic carbocycles. The third-order valence-electron chi connectivity index (χ3n) is 0.638. The van der Waals surface area contributed by atoms with Crippen LogP contribution in [0.1, 0.15) is 0 Å². The third-order valence-corrected chi connectivity index (χ3v) is 0.638. The molecule has 0 aromatic rings. The van der Waals surface area contributed by atoms with E-state index in [2.05, 4.69) is 9.47 Å². The molecule has 0 aliphatic carbocycles. The molecule has 0 N–H and O–H groups in total. The van der Waals surface area contributed by atoms with Gasteiger partial charge in [-0.2, -0.15) is 6.42 Å². The average Bonchev–Trinajstić information content (AvgIpc) is 1.87. The standard InChI is InChI=1S/C5H7O4.Na/c1-8-4(6)3-5(7)9-2;/h3H,1-2H3;/q-1;+1. The number of hydrogen-bond donors (Lipinski definition) is 0. The average molecular weight is 154 g/mol. The largest absolute Gasteiger partial charge is 1.00 e. The van der Waals surface area contributed by atoms with Crippen molar-refractivity contribution >= 4 is 11.9 Å². The van der Waals surface area contributed by atoms with Crippen LogP contribution in [0.3, 0.4) is 0 Å². The monoisotopic (exact) mass is 154 g/mol. The van der Waals surface area contributed by atoms with E-state index in [1.165, 1.54) is 14.2 Å². The molecule has 0 saturated heterocycles. The Balaban J connectivity index is 0. The summed E-state index contributed by atoms with van der Waals surface area (Å²) in [5.74, 6) is -1.41. The van der Waals surface area contributed by atoms with Crippen molar-refractivity contribution in [1.82, 2.24) is 0 Å². The maximum atomic E-state index is 10.2. The molecule has 0 spiro atoms. The quantitative estimate of drug-likeness (QED) is 0.179. The number of methoxy groups -OCH3 is 2. The Morgan fingerprint density at radius 3 is 1.60 bits per heavy atom. The molecule has 4 nitrogen and oxygen atoms in total. The van der Waals surface area contributed by atoms with E-state index in [4.69, 9.17) is 0 Å². The smallest absolute Gasteiger partial charge is 0.491 e. The van der Waals surface area contributed by atoms with Crippen LogP contribution in [-0.4, -0.2) is 26.2 Å². The van der Waals surface area contributed by atoms with Crippen molar-refractivity contribution in [2.75, 3.05) is 14.2 Å². The van der Waals surface area contributed by atoms with Gasteiger partial charge in [0.2, 0.25) is 0 Å². The first-order valence-corrected chi connectivity index (χ1v) is 2.21. The van der Waals surface area contributed by atoms with Crippen molar-refractivity contribution < 1.29 is 48.6 Å². The van der Waals surface area contributed by atoms with E-state index in [0.29, 0.717) is 0 Å². The number of carbonyl (C=O) groups is 2. The molecule has 0 amide bonds. The summed E-state index contributed by atoms with van der Waals surface area (Å²) < 4.78 is 8.25. The van der Waals surface area contributed by atoms with Crippen LogP contribution < -0.4 is 29.6 Å². The van der Waals surface area contributed by atoms with Gasteiger partial charge in [-0.05, 0) is 0 Å². The van der Waals surface area contributed by atoms with E-state index in [1.54, 1.807) is 0 Å². The summed E-state index contributed by atoms with van der Waals surface area (Å²) >= 11 is 0. The number of hydrogen-bond acceptors (Lipinski definition) is 4. The molecule has 0 aliphatic heterocycles. The van der Waals surface area contributed by atoms with Crippen LogP contribution in [0.25, 0.3) is 0 Å². The number of esters is 2. The molecule has 0 atom stereocenters. The van der Waals surface area contributed by atoms with Gasteiger partial charge in [-0.1, -0.05) is 0 Å². The second kappa shape index (κ2) is 6.92. The molecular formula is C5H7NaO4. The maximum Gasteiger partial charge on any atom is 1.00 e. The minimum absolute atomic E-state index is 0. The summed E-state index contributed by atoms with van der Waals surface area (Å²) in [5.41, 5.74) is 0. The van der Waals surface area contributed by atoms with Gasteiger partial charge in [0, 0.05) is 0 Å². The minimum atomic E-state index is -0.707. The van der Waals surface area contributed by atoms with Crippen molar-refractivity contribution in [1.29, 1.82) is 0 Å². The fraction of sp³-hybridized carbons (Fsp3) is 0.400. The SMILES string of the molecule is COC(=O)[CH-]C(=O)OC.[Na+]. The van der Waals surface area contributed by atoms with Crippen molar-refractivity contribution in [2.24, 2.45) is 0 Å². The van der Waals surface area contributed by atoms with Crippen LogP contribution in [0.2, 0.25) is 0 Å². The van der Waals surface area contributed by atoms with Gasteiger partial charge in [0.05, 0.1) is 14.2 Å². The normalized spacial score (nSPS) is 7.00. The van der Waals surface area contributed by atoms with Gasteiger partial charge in [0.15, 0.2) is 11.9 Å². The molecule has 0 bridgehead atoms. The zero-order valence-corrected chi connectivity index (χ0v) is 8.21. The predicted octanol–water partition coefficient (Wildman–Crippen LogP) is -3.46. The Morgan fingerprint density at radius 2 is 1.40 bits per heavy atom. The molecule has 0 fully saturated rings. The van der Waals surface area contributed by atoms with E-state index < -0.39 is 11.9 Å². The first-order valence-electron chi connectivity index (χ1n) is 2.21. The Kier molecular flexibility index (Phi) is 8.64. The van der Waals surface area contributed by atoms with Crippen LogP contribution in [0.5, 0.6) is 0 Å². The van der Waals surface area contributed by atoms with Gasteiger partial charge < -0.3 is 9.47 Å². The van der Waals surface area contributed by atoms with Gasteiger partial charge in [0.25, 0.3) is 0 Å². The Bertz CT molecular complexity index is 109. The second-order valence-corrected chi connectivity index (χ2v) is 1.19. The summed E-state index contributed by atoms with van der Waals surface area (Å²) in [6, 6.07) is 0. The molecule has 5 heteroatoms. The molecular weight excluding hydrogens is 147 g/mol. The molecule has 0 radical (unpaired) electrons. The van der Waals surface area contributed by atoms with Crippen molar-refractivity contribution in [3.05, 3.63) is 6.42 Å². The van der Waals surface area contributed by atoms with E-state index >= 15 is 0 Å². The van der Waals surface area contributed by atoms with E-state index in [9.17, 15) is 9.59 Å². The first kappa shape index (κ1) is 12.5. The van der Waals surface area contributed by atoms with E-state index in [-0.39, 0.29) is 29.6 Å². The predicted molar refractivity (Wildman–Crippen MR) is 28.3 cm³/mol. The molecule has 0 aliphatic rings. The van der Waals surface area contributed by atoms with Crippen LogP contribution in [0, 0.1) is 6.42 Å². The molecule has 10 heavy (non-hydrogen) atoms. The fourth-order valence-electron chi connectivity index (χ4n) is 0.214. The summed E-state index contributed by atoms with van der Waals surface area (Å²) in [7, 11) is 2.36. The van der Waals surface area contributed by atoms with Crippen molar-refractivity contribution in [3.8, 4) is 0 Å². The van der Waals surface area contributed by atoms with Crippen LogP contribution in [0.4, 0.5) is 0 Å². The third kappa shape index (κ3) is 5.94. The second-order valence-electron chi connectivity index (χ2n) is 1.19. The van der Waals surface area contributed by atoms with Gasteiger partial charge >= 0.3 is 29.6 Å². The van der Waals surface area contributed by atoms with Gasteiger partial charge in [0.1, 0.15) is 0 Å². The molecule has 0 rings (SSSR count). The fourth-order valence-corrected chi connectivity index (χ4v) is 0.214. The van der Waals surface area contributed by atoms with Crippen molar-refractivity contribution in [3.63, 3.8) is 0 Å². The molecule has 0 saturated carbocycles. The Morgan fingerprint density at radius 1 is 1.10 bits per heavy atom.